The van der Waals surface area contributed by atoms with E-state index in [1.165, 1.54) is 0 Å². The van der Waals surface area contributed by atoms with Crippen LogP contribution in [0.25, 0.3) is 0 Å². The van der Waals surface area contributed by atoms with Gasteiger partial charge in [0.1, 0.15) is 6.04 Å². The molecule has 0 aliphatic rings. The molecule has 98 valence electrons. The molecule has 3 N–H and O–H groups in total. The first kappa shape index (κ1) is 14.0. The average molecular weight is 250 g/mol. The number of para-hydroxylation sites is 1. The van der Waals surface area contributed by atoms with Crippen molar-refractivity contribution >= 4 is 17.7 Å². The van der Waals surface area contributed by atoms with Gasteiger partial charge in [0.2, 0.25) is 0 Å². The van der Waals surface area contributed by atoms with Crippen molar-refractivity contribution in [2.24, 2.45) is 0 Å². The van der Waals surface area contributed by atoms with Crippen LogP contribution in [0.5, 0.6) is 0 Å². The quantitative estimate of drug-likeness (QED) is 0.750. The number of nitrogens with one attached hydrogen (secondary N) is 2. The van der Waals surface area contributed by atoms with E-state index in [2.05, 4.69) is 10.6 Å². The van der Waals surface area contributed by atoms with Crippen LogP contribution in [0.3, 0.4) is 0 Å². The molecule has 0 radical (unpaired) electrons. The molecule has 18 heavy (non-hydrogen) atoms. The maximum Gasteiger partial charge on any atom is 0.326 e. The average Bonchev–Trinajstić information content (AvgIpc) is 2.31. The monoisotopic (exact) mass is 250 g/mol. The normalized spacial score (nSPS) is 11.7. The molecule has 0 bridgehead atoms. The van der Waals surface area contributed by atoms with Gasteiger partial charge in [-0.1, -0.05) is 31.5 Å². The number of aliphatic carboxylic acids is 1. The van der Waals surface area contributed by atoms with E-state index in [1.54, 1.807) is 6.07 Å². The molecule has 0 aromatic heterocycles. The Morgan fingerprint density at radius 3 is 2.56 bits per heavy atom. The minimum absolute atomic E-state index is 0.413. The maximum absolute atomic E-state index is 11.7. The van der Waals surface area contributed by atoms with Gasteiger partial charge in [-0.25, -0.2) is 9.59 Å². The molecule has 0 aliphatic carbocycles. The molecular weight excluding hydrogens is 232 g/mol. The van der Waals surface area contributed by atoms with Crippen LogP contribution >= 0.6 is 0 Å². The van der Waals surface area contributed by atoms with Crippen molar-refractivity contribution in [3.63, 3.8) is 0 Å². The predicted molar refractivity (Wildman–Crippen MR) is 69.7 cm³/mol. The fraction of sp³-hybridized carbons (Fsp3) is 0.385. The number of urea groups is 1. The number of benzene rings is 1. The second-order valence-corrected chi connectivity index (χ2v) is 4.09. The summed E-state index contributed by atoms with van der Waals surface area (Å²) in [6, 6.07) is 5.98. The summed E-state index contributed by atoms with van der Waals surface area (Å²) in [4.78, 5) is 22.6. The van der Waals surface area contributed by atoms with Crippen molar-refractivity contribution in [2.75, 3.05) is 5.32 Å². The van der Waals surface area contributed by atoms with Crippen LogP contribution in [-0.2, 0) is 4.79 Å². The summed E-state index contributed by atoms with van der Waals surface area (Å²) in [6.07, 6.45) is 1.11. The molecule has 1 aromatic rings. The van der Waals surface area contributed by atoms with Crippen molar-refractivity contribution in [1.29, 1.82) is 0 Å². The zero-order valence-electron chi connectivity index (χ0n) is 10.6. The van der Waals surface area contributed by atoms with Gasteiger partial charge in [-0.15, -0.1) is 0 Å². The molecule has 0 aliphatic heterocycles. The summed E-state index contributed by atoms with van der Waals surface area (Å²) in [5.74, 6) is -1.02. The van der Waals surface area contributed by atoms with Crippen LogP contribution in [0.2, 0.25) is 0 Å². The standard InChI is InChI=1S/C13H18N2O3/c1-3-6-11(12(16)17)15-13(18)14-10-8-5-4-7-9(10)2/h4-5,7-8,11H,3,6H2,1-2H3,(H,16,17)(H2,14,15,18)/t11-/m0/s1. The van der Waals surface area contributed by atoms with Gasteiger partial charge >= 0.3 is 12.0 Å². The fourth-order valence-electron chi connectivity index (χ4n) is 1.58. The van der Waals surface area contributed by atoms with Crippen LogP contribution in [0.1, 0.15) is 25.3 Å². The fourth-order valence-corrected chi connectivity index (χ4v) is 1.58. The first-order valence-corrected chi connectivity index (χ1v) is 5.90. The Morgan fingerprint density at radius 1 is 1.33 bits per heavy atom. The summed E-state index contributed by atoms with van der Waals surface area (Å²) in [5, 5.41) is 14.0. The van der Waals surface area contributed by atoms with E-state index < -0.39 is 18.0 Å². The number of hydrogen-bond donors (Lipinski definition) is 3. The summed E-state index contributed by atoms with van der Waals surface area (Å²) < 4.78 is 0. The van der Waals surface area contributed by atoms with E-state index in [9.17, 15) is 9.59 Å². The van der Waals surface area contributed by atoms with Crippen molar-refractivity contribution in [3.05, 3.63) is 29.8 Å². The predicted octanol–water partition coefficient (Wildman–Crippen LogP) is 2.37. The second kappa shape index (κ2) is 6.64. The van der Waals surface area contributed by atoms with Crippen LogP contribution in [-0.4, -0.2) is 23.1 Å². The second-order valence-electron chi connectivity index (χ2n) is 4.09. The van der Waals surface area contributed by atoms with Gasteiger partial charge in [0.05, 0.1) is 0 Å². The molecule has 2 amide bonds. The molecular formula is C13H18N2O3. The number of carbonyl (C=O) groups excluding carboxylic acids is 1. The Morgan fingerprint density at radius 2 is 2.00 bits per heavy atom. The van der Waals surface area contributed by atoms with E-state index in [0.717, 1.165) is 5.56 Å². The maximum atomic E-state index is 11.7. The highest BCUT2D eigenvalue weighted by Crippen LogP contribution is 2.12. The number of amides is 2. The molecule has 1 aromatic carbocycles. The number of anilines is 1. The molecule has 5 heteroatoms. The molecule has 0 fully saturated rings. The third-order valence-electron chi connectivity index (χ3n) is 2.57. The number of carboxylic acid groups (broad SMARTS) is 1. The van der Waals surface area contributed by atoms with Crippen LogP contribution in [0.4, 0.5) is 10.5 Å². The Kier molecular flexibility index (Phi) is 5.17. The zero-order chi connectivity index (χ0) is 13.5. The third kappa shape index (κ3) is 4.08. The van der Waals surface area contributed by atoms with Gasteiger partial charge in [0, 0.05) is 5.69 Å². The highest BCUT2D eigenvalue weighted by Gasteiger charge is 2.18. The van der Waals surface area contributed by atoms with Gasteiger partial charge in [0.15, 0.2) is 0 Å². The molecule has 0 saturated heterocycles. The van der Waals surface area contributed by atoms with Crippen molar-refractivity contribution in [2.45, 2.75) is 32.7 Å². The smallest absolute Gasteiger partial charge is 0.326 e. The lowest BCUT2D eigenvalue weighted by Gasteiger charge is -2.15. The minimum atomic E-state index is -1.02. The molecule has 0 saturated carbocycles. The molecule has 1 rings (SSSR count). The van der Waals surface area contributed by atoms with E-state index in [0.29, 0.717) is 18.5 Å². The molecule has 0 unspecified atom stereocenters. The van der Waals surface area contributed by atoms with E-state index >= 15 is 0 Å². The van der Waals surface area contributed by atoms with E-state index in [-0.39, 0.29) is 0 Å². The zero-order valence-corrected chi connectivity index (χ0v) is 10.6. The molecule has 5 nitrogen and oxygen atoms in total. The van der Waals surface area contributed by atoms with Crippen LogP contribution in [0, 0.1) is 6.92 Å². The van der Waals surface area contributed by atoms with Crippen LogP contribution in [0.15, 0.2) is 24.3 Å². The molecule has 0 heterocycles. The first-order valence-electron chi connectivity index (χ1n) is 5.90. The summed E-state index contributed by atoms with van der Waals surface area (Å²) in [7, 11) is 0. The molecule has 1 atom stereocenters. The Labute approximate surface area is 106 Å². The number of carboxylic acids is 1. The topological polar surface area (TPSA) is 78.4 Å². The summed E-state index contributed by atoms with van der Waals surface area (Å²) >= 11 is 0. The van der Waals surface area contributed by atoms with Crippen LogP contribution < -0.4 is 10.6 Å². The lowest BCUT2D eigenvalue weighted by molar-refractivity contribution is -0.139. The van der Waals surface area contributed by atoms with Gasteiger partial charge in [-0.2, -0.15) is 0 Å². The van der Waals surface area contributed by atoms with Gasteiger partial charge < -0.3 is 15.7 Å². The lowest BCUT2D eigenvalue weighted by atomic mass is 10.2. The Balaban J connectivity index is 2.61. The van der Waals surface area contributed by atoms with Gasteiger partial charge in [-0.05, 0) is 25.0 Å². The molecule has 0 spiro atoms. The van der Waals surface area contributed by atoms with Crippen molar-refractivity contribution in [1.82, 2.24) is 5.32 Å². The van der Waals surface area contributed by atoms with Gasteiger partial charge in [-0.3, -0.25) is 0 Å². The number of rotatable bonds is 5. The third-order valence-corrected chi connectivity index (χ3v) is 2.57. The van der Waals surface area contributed by atoms with E-state index in [1.807, 2.05) is 32.0 Å². The van der Waals surface area contributed by atoms with E-state index in [4.69, 9.17) is 5.11 Å². The largest absolute Gasteiger partial charge is 0.480 e. The van der Waals surface area contributed by atoms with Crippen molar-refractivity contribution in [3.8, 4) is 0 Å². The Hall–Kier alpha value is -2.04. The van der Waals surface area contributed by atoms with Gasteiger partial charge in [0.25, 0.3) is 0 Å². The Bertz CT molecular complexity index is 432. The summed E-state index contributed by atoms with van der Waals surface area (Å²) in [5.41, 5.74) is 1.60. The summed E-state index contributed by atoms with van der Waals surface area (Å²) in [6.45, 7) is 3.74. The number of carbonyl (C=O) groups is 2. The lowest BCUT2D eigenvalue weighted by Crippen LogP contribution is -2.42. The SMILES string of the molecule is CCC[C@H](NC(=O)Nc1ccccc1C)C(=O)O. The first-order chi connectivity index (χ1) is 8.54. The highest BCUT2D eigenvalue weighted by molar-refractivity contribution is 5.92. The number of hydrogen-bond acceptors (Lipinski definition) is 2. The minimum Gasteiger partial charge on any atom is -0.480 e. The number of aryl methyl sites for hydroxylation is 1. The highest BCUT2D eigenvalue weighted by atomic mass is 16.4. The van der Waals surface area contributed by atoms with Crippen molar-refractivity contribution < 1.29 is 14.7 Å².